The van der Waals surface area contributed by atoms with Crippen molar-refractivity contribution in [2.75, 3.05) is 24.5 Å². The first-order valence-corrected chi connectivity index (χ1v) is 11.6. The Labute approximate surface area is 181 Å². The third-order valence-corrected chi connectivity index (χ3v) is 6.43. The molecule has 0 aromatic heterocycles. The Balaban J connectivity index is 1.34. The van der Waals surface area contributed by atoms with Crippen LogP contribution in [0.25, 0.3) is 0 Å². The summed E-state index contributed by atoms with van der Waals surface area (Å²) in [5, 5.41) is 3.66. The van der Waals surface area contributed by atoms with E-state index in [4.69, 9.17) is 4.74 Å². The summed E-state index contributed by atoms with van der Waals surface area (Å²) in [6.07, 6.45) is 7.06. The number of anilines is 1. The molecule has 1 N–H and O–H groups in total. The van der Waals surface area contributed by atoms with Gasteiger partial charge in [0.2, 0.25) is 0 Å². The summed E-state index contributed by atoms with van der Waals surface area (Å²) in [5.74, 6) is 0.614. The monoisotopic (exact) mass is 433 g/mol. The third kappa shape index (κ3) is 6.27. The Morgan fingerprint density at radius 1 is 1.17 bits per heavy atom. The van der Waals surface area contributed by atoms with Crippen LogP contribution in [0.4, 0.5) is 10.1 Å². The molecule has 5 nitrogen and oxygen atoms in total. The summed E-state index contributed by atoms with van der Waals surface area (Å²) < 4.78 is 42.8. The van der Waals surface area contributed by atoms with E-state index in [0.717, 1.165) is 57.2 Å². The van der Waals surface area contributed by atoms with Gasteiger partial charge < -0.3 is 18.9 Å². The molecule has 2 atom stereocenters. The first-order valence-electron chi connectivity index (χ1n) is 10.6. The Morgan fingerprint density at radius 3 is 2.67 bits per heavy atom. The number of aryl methyl sites for hydroxylation is 1. The molecule has 0 amide bonds. The highest BCUT2D eigenvalue weighted by Gasteiger charge is 2.20. The topological polar surface area (TPSA) is 64.6 Å². The second-order valence-corrected chi connectivity index (χ2v) is 8.58. The average molecular weight is 434 g/mol. The molecule has 0 fully saturated rings. The van der Waals surface area contributed by atoms with Gasteiger partial charge in [0.05, 0.1) is 7.11 Å². The summed E-state index contributed by atoms with van der Waals surface area (Å²) in [4.78, 5) is 0. The lowest BCUT2D eigenvalue weighted by molar-refractivity contribution is 0.392. The zero-order chi connectivity index (χ0) is 21.3. The van der Waals surface area contributed by atoms with Crippen LogP contribution in [-0.4, -0.2) is 35.0 Å². The van der Waals surface area contributed by atoms with E-state index >= 15 is 0 Å². The summed E-state index contributed by atoms with van der Waals surface area (Å²) in [7, 11) is 1.73. The molecule has 0 saturated carbocycles. The Hall–Kier alpha value is -1.96. The summed E-state index contributed by atoms with van der Waals surface area (Å²) >= 11 is -2.36. The van der Waals surface area contributed by atoms with E-state index in [9.17, 15) is 13.2 Å². The van der Waals surface area contributed by atoms with E-state index in [-0.39, 0.29) is 5.82 Å². The van der Waals surface area contributed by atoms with Crippen molar-refractivity contribution in [3.8, 4) is 5.75 Å². The van der Waals surface area contributed by atoms with Crippen molar-refractivity contribution in [3.05, 3.63) is 59.4 Å². The molecule has 2 unspecified atom stereocenters. The quantitative estimate of drug-likeness (QED) is 0.427. The molecular weight excluding hydrogens is 403 g/mol. The summed E-state index contributed by atoms with van der Waals surface area (Å²) in [6, 6.07) is 12.3. The number of benzene rings is 2. The Bertz CT molecular complexity index is 817. The first kappa shape index (κ1) is 22.7. The van der Waals surface area contributed by atoms with Crippen molar-refractivity contribution >= 4 is 17.0 Å². The fourth-order valence-corrected chi connectivity index (χ4v) is 4.63. The summed E-state index contributed by atoms with van der Waals surface area (Å²) in [5.41, 5.74) is 3.23. The van der Waals surface area contributed by atoms with Crippen LogP contribution in [0.15, 0.2) is 42.5 Å². The minimum absolute atomic E-state index is 0.372. The van der Waals surface area contributed by atoms with Crippen LogP contribution < -0.4 is 14.4 Å². The molecule has 30 heavy (non-hydrogen) atoms. The standard InChI is InChI=1S/C23H31FN2O3S/c1-29-23-8-6-7-18-9-12-20(17-22(18)23)25-15-4-2-3-5-16-26(30(27)28)21-13-10-19(24)11-14-21/h6-8,10-11,13-14,20,25H,2-5,9,12,15-17H2,1H3,(H,27,28)/p-1. The van der Waals surface area contributed by atoms with Gasteiger partial charge in [-0.1, -0.05) is 25.0 Å². The predicted octanol–water partition coefficient (Wildman–Crippen LogP) is 4.14. The fourth-order valence-electron chi connectivity index (χ4n) is 4.06. The molecule has 3 rings (SSSR count). The number of fused-ring (bicyclic) bond motifs is 1. The van der Waals surface area contributed by atoms with Crippen LogP contribution in [-0.2, 0) is 24.1 Å². The molecule has 164 valence electrons. The van der Waals surface area contributed by atoms with Crippen LogP contribution in [0.3, 0.4) is 0 Å². The van der Waals surface area contributed by atoms with Crippen molar-refractivity contribution in [1.29, 1.82) is 0 Å². The van der Waals surface area contributed by atoms with Crippen molar-refractivity contribution in [1.82, 2.24) is 5.32 Å². The lowest BCUT2D eigenvalue weighted by Gasteiger charge is -2.27. The SMILES string of the molecule is COc1cccc2c1CC(NCCCCCCN(c1ccc(F)cc1)S(=O)[O-])CC2. The summed E-state index contributed by atoms with van der Waals surface area (Å²) in [6.45, 7) is 1.37. The average Bonchev–Trinajstić information content (AvgIpc) is 2.75. The largest absolute Gasteiger partial charge is 0.755 e. The molecule has 0 spiro atoms. The van der Waals surface area contributed by atoms with Crippen molar-refractivity contribution < 1.29 is 17.9 Å². The van der Waals surface area contributed by atoms with Crippen LogP contribution in [0.2, 0.25) is 0 Å². The van der Waals surface area contributed by atoms with E-state index in [1.54, 1.807) is 7.11 Å². The third-order valence-electron chi connectivity index (χ3n) is 5.68. The number of halogens is 1. The number of methoxy groups -OCH3 is 1. The number of hydrogen-bond acceptors (Lipinski definition) is 4. The van der Waals surface area contributed by atoms with Gasteiger partial charge in [-0.3, -0.25) is 4.21 Å². The predicted molar refractivity (Wildman–Crippen MR) is 118 cm³/mol. The van der Waals surface area contributed by atoms with Gasteiger partial charge in [0.15, 0.2) is 0 Å². The smallest absolute Gasteiger partial charge is 0.123 e. The molecular formula is C23H30FN2O3S-. The first-order chi connectivity index (χ1) is 14.6. The van der Waals surface area contributed by atoms with Crippen LogP contribution in [0.5, 0.6) is 5.75 Å². The van der Waals surface area contributed by atoms with Gasteiger partial charge >= 0.3 is 0 Å². The maximum absolute atomic E-state index is 13.0. The van der Waals surface area contributed by atoms with E-state index < -0.39 is 11.3 Å². The van der Waals surface area contributed by atoms with Crippen molar-refractivity contribution in [2.24, 2.45) is 0 Å². The fraction of sp³-hybridized carbons (Fsp3) is 0.478. The Morgan fingerprint density at radius 2 is 1.93 bits per heavy atom. The molecule has 1 aliphatic rings. The zero-order valence-corrected chi connectivity index (χ0v) is 18.3. The molecule has 0 aliphatic heterocycles. The number of ether oxygens (including phenoxy) is 1. The number of hydrogen-bond donors (Lipinski definition) is 1. The van der Waals surface area contributed by atoms with E-state index in [0.29, 0.717) is 18.3 Å². The van der Waals surface area contributed by atoms with Gasteiger partial charge in [-0.05, 0) is 80.1 Å². The lowest BCUT2D eigenvalue weighted by Crippen LogP contribution is -2.35. The van der Waals surface area contributed by atoms with Gasteiger partial charge in [0.25, 0.3) is 0 Å². The second kappa shape index (κ2) is 11.4. The van der Waals surface area contributed by atoms with Crippen molar-refractivity contribution in [3.63, 3.8) is 0 Å². The van der Waals surface area contributed by atoms with Gasteiger partial charge in [-0.25, -0.2) is 4.39 Å². The second-order valence-electron chi connectivity index (χ2n) is 7.70. The highest BCUT2D eigenvalue weighted by molar-refractivity contribution is 7.80. The van der Waals surface area contributed by atoms with E-state index in [1.807, 2.05) is 6.07 Å². The van der Waals surface area contributed by atoms with Gasteiger partial charge in [-0.2, -0.15) is 0 Å². The number of nitrogens with one attached hydrogen (secondary N) is 1. The molecule has 2 aromatic rings. The maximum atomic E-state index is 13.0. The number of nitrogens with zero attached hydrogens (tertiary/aromatic N) is 1. The molecule has 1 aliphatic carbocycles. The molecule has 0 heterocycles. The van der Waals surface area contributed by atoms with Crippen molar-refractivity contribution in [2.45, 2.75) is 51.0 Å². The van der Waals surface area contributed by atoms with E-state index in [1.165, 1.54) is 39.7 Å². The van der Waals surface area contributed by atoms with Gasteiger partial charge in [-0.15, -0.1) is 0 Å². The van der Waals surface area contributed by atoms with E-state index in [2.05, 4.69) is 17.4 Å². The van der Waals surface area contributed by atoms with Crippen LogP contribution in [0, 0.1) is 5.82 Å². The molecule has 0 bridgehead atoms. The lowest BCUT2D eigenvalue weighted by atomic mass is 9.87. The zero-order valence-electron chi connectivity index (χ0n) is 17.4. The van der Waals surface area contributed by atoms with Crippen LogP contribution >= 0.6 is 0 Å². The Kier molecular flexibility index (Phi) is 8.66. The highest BCUT2D eigenvalue weighted by atomic mass is 32.2. The maximum Gasteiger partial charge on any atom is 0.123 e. The van der Waals surface area contributed by atoms with Gasteiger partial charge in [0.1, 0.15) is 11.6 Å². The number of rotatable bonds is 11. The molecule has 0 saturated heterocycles. The molecule has 7 heteroatoms. The minimum atomic E-state index is -2.36. The minimum Gasteiger partial charge on any atom is -0.755 e. The number of unbranched alkanes of at least 4 members (excludes halogenated alkanes) is 3. The highest BCUT2D eigenvalue weighted by Crippen LogP contribution is 2.29. The normalized spacial score (nSPS) is 16.7. The molecule has 0 radical (unpaired) electrons. The van der Waals surface area contributed by atoms with Gasteiger partial charge in [0, 0.05) is 29.5 Å². The van der Waals surface area contributed by atoms with Crippen LogP contribution in [0.1, 0.15) is 43.2 Å². The molecule has 2 aromatic carbocycles.